The van der Waals surface area contributed by atoms with Gasteiger partial charge in [-0.1, -0.05) is 0 Å². The van der Waals surface area contributed by atoms with Crippen molar-refractivity contribution in [2.24, 2.45) is 0 Å². The molecule has 0 heterocycles. The number of nitrogens with zero attached hydrogens (tertiary/aromatic N) is 1. The second kappa shape index (κ2) is 7.26. The monoisotopic (exact) mass is 167 g/mol. The summed E-state index contributed by atoms with van der Waals surface area (Å²) in [6.07, 6.45) is 0. The van der Waals surface area contributed by atoms with E-state index in [2.05, 4.69) is 39.5 Å². The third kappa shape index (κ3) is 5.27. The number of hydrogen-bond donors (Lipinski definition) is 0. The first kappa shape index (κ1) is 14.1. The van der Waals surface area contributed by atoms with Gasteiger partial charge < -0.3 is 11.8 Å². The van der Waals surface area contributed by atoms with E-state index < -0.39 is 0 Å². The van der Waals surface area contributed by atoms with Gasteiger partial charge in [-0.3, -0.25) is 0 Å². The van der Waals surface area contributed by atoms with E-state index in [0.29, 0.717) is 12.1 Å². The molecule has 0 aromatic carbocycles. The van der Waals surface area contributed by atoms with Crippen LogP contribution in [0.25, 0.3) is 0 Å². The van der Waals surface area contributed by atoms with Gasteiger partial charge in [0.05, 0.1) is 0 Å². The fraction of sp³-hybridized carbons (Fsp3) is 0.875. The number of rotatable bonds is 3. The second-order valence-corrected chi connectivity index (χ2v) is 2.93. The van der Waals surface area contributed by atoms with Gasteiger partial charge in [-0.25, -0.2) is 0 Å². The molecule has 0 aliphatic rings. The van der Waals surface area contributed by atoms with E-state index in [1.165, 1.54) is 0 Å². The first-order valence-electron chi connectivity index (χ1n) is 3.64. The molecule has 0 aliphatic heterocycles. The summed E-state index contributed by atoms with van der Waals surface area (Å²) in [5.41, 5.74) is 0. The van der Waals surface area contributed by atoms with Crippen molar-refractivity contribution in [3.05, 3.63) is 6.92 Å². The molecule has 0 amide bonds. The van der Waals surface area contributed by atoms with Crippen molar-refractivity contribution in [1.82, 2.24) is 4.90 Å². The molecule has 0 unspecified atom stereocenters. The van der Waals surface area contributed by atoms with Crippen LogP contribution in [0.2, 0.25) is 0 Å². The summed E-state index contributed by atoms with van der Waals surface area (Å²) in [6.45, 7) is 13.6. The molecule has 56 valence electrons. The van der Waals surface area contributed by atoms with E-state index >= 15 is 0 Å². The molecule has 10 heavy (non-hydrogen) atoms. The van der Waals surface area contributed by atoms with E-state index in [0.717, 1.165) is 6.54 Å². The molecule has 0 aromatic rings. The van der Waals surface area contributed by atoms with Gasteiger partial charge in [0.15, 0.2) is 0 Å². The minimum absolute atomic E-state index is 0. The van der Waals surface area contributed by atoms with Crippen LogP contribution < -0.4 is 51.4 Å². The summed E-state index contributed by atoms with van der Waals surface area (Å²) in [6, 6.07) is 1.25. The van der Waals surface area contributed by atoms with Gasteiger partial charge in [0.2, 0.25) is 0 Å². The van der Waals surface area contributed by atoms with E-state index in [9.17, 15) is 0 Å². The Morgan fingerprint density at radius 3 is 1.40 bits per heavy atom. The average molecular weight is 167 g/mol. The standard InChI is InChI=1S/C8H18N.K/c1-6-9(7(2)3)8(4)5;/h7-8H,1,6H2,2-5H3;/q-1;+1. The molecule has 0 radical (unpaired) electrons. The van der Waals surface area contributed by atoms with Crippen molar-refractivity contribution in [3.63, 3.8) is 0 Å². The van der Waals surface area contributed by atoms with Crippen molar-refractivity contribution < 1.29 is 51.4 Å². The molecule has 0 saturated carbocycles. The van der Waals surface area contributed by atoms with Crippen LogP contribution in [0.4, 0.5) is 0 Å². The SMILES string of the molecule is [CH2-]CN(C(C)C)C(C)C.[K+]. The summed E-state index contributed by atoms with van der Waals surface area (Å²) in [5, 5.41) is 0. The third-order valence-corrected chi connectivity index (χ3v) is 1.58. The Balaban J connectivity index is 0. The Kier molecular flexibility index (Phi) is 10.3. The molecule has 0 atom stereocenters. The Hall–Kier alpha value is 1.60. The fourth-order valence-corrected chi connectivity index (χ4v) is 1.11. The first-order valence-corrected chi connectivity index (χ1v) is 3.64. The van der Waals surface area contributed by atoms with Crippen molar-refractivity contribution >= 4 is 0 Å². The first-order chi connectivity index (χ1) is 4.09. The zero-order valence-electron chi connectivity index (χ0n) is 8.02. The smallest absolute Gasteiger partial charge is 0.330 e. The summed E-state index contributed by atoms with van der Waals surface area (Å²) in [7, 11) is 0. The van der Waals surface area contributed by atoms with Crippen molar-refractivity contribution in [3.8, 4) is 0 Å². The van der Waals surface area contributed by atoms with Gasteiger partial charge in [-0.15, -0.1) is 6.54 Å². The molecule has 0 aliphatic carbocycles. The number of hydrogen-bond acceptors (Lipinski definition) is 1. The van der Waals surface area contributed by atoms with Gasteiger partial charge in [0.25, 0.3) is 0 Å². The zero-order chi connectivity index (χ0) is 7.44. The van der Waals surface area contributed by atoms with E-state index in [-0.39, 0.29) is 51.4 Å². The predicted molar refractivity (Wildman–Crippen MR) is 42.3 cm³/mol. The van der Waals surface area contributed by atoms with Crippen LogP contribution in [-0.2, 0) is 0 Å². The molecule has 0 rings (SSSR count). The second-order valence-electron chi connectivity index (χ2n) is 2.93. The largest absolute Gasteiger partial charge is 1.00 e. The summed E-state index contributed by atoms with van der Waals surface area (Å²) in [5.74, 6) is 0. The van der Waals surface area contributed by atoms with Gasteiger partial charge in [-0.2, -0.15) is 0 Å². The molecule has 1 nitrogen and oxygen atoms in total. The molecule has 0 aromatic heterocycles. The Morgan fingerprint density at radius 1 is 1.10 bits per heavy atom. The topological polar surface area (TPSA) is 3.24 Å². The Bertz CT molecular complexity index is 63.7. The quantitative estimate of drug-likeness (QED) is 0.383. The van der Waals surface area contributed by atoms with Crippen LogP contribution in [0.15, 0.2) is 0 Å². The molecule has 0 N–H and O–H groups in total. The van der Waals surface area contributed by atoms with E-state index in [1.807, 2.05) is 0 Å². The van der Waals surface area contributed by atoms with Crippen molar-refractivity contribution in [2.75, 3.05) is 6.54 Å². The molecular weight excluding hydrogens is 149 g/mol. The van der Waals surface area contributed by atoms with E-state index in [4.69, 9.17) is 0 Å². The van der Waals surface area contributed by atoms with Crippen LogP contribution in [0.5, 0.6) is 0 Å². The van der Waals surface area contributed by atoms with E-state index in [1.54, 1.807) is 0 Å². The Morgan fingerprint density at radius 2 is 1.40 bits per heavy atom. The summed E-state index contributed by atoms with van der Waals surface area (Å²) >= 11 is 0. The molecule has 0 saturated heterocycles. The average Bonchev–Trinajstić information content (AvgIpc) is 1.64. The molecule has 0 spiro atoms. The van der Waals surface area contributed by atoms with Crippen molar-refractivity contribution in [1.29, 1.82) is 0 Å². The van der Waals surface area contributed by atoms with Crippen molar-refractivity contribution in [2.45, 2.75) is 39.8 Å². The van der Waals surface area contributed by atoms with Gasteiger partial charge in [0.1, 0.15) is 0 Å². The van der Waals surface area contributed by atoms with Crippen LogP contribution in [0, 0.1) is 6.92 Å². The fourth-order valence-electron chi connectivity index (χ4n) is 1.11. The normalized spacial score (nSPS) is 10.8. The summed E-state index contributed by atoms with van der Waals surface area (Å²) < 4.78 is 0. The van der Waals surface area contributed by atoms with Crippen LogP contribution >= 0.6 is 0 Å². The molecule has 2 heteroatoms. The van der Waals surface area contributed by atoms with Crippen LogP contribution in [0.1, 0.15) is 27.7 Å². The summed E-state index contributed by atoms with van der Waals surface area (Å²) in [4.78, 5) is 2.35. The minimum Gasteiger partial charge on any atom is -0.330 e. The maximum atomic E-state index is 3.85. The Labute approximate surface area is 108 Å². The third-order valence-electron chi connectivity index (χ3n) is 1.58. The maximum Gasteiger partial charge on any atom is 1.00 e. The van der Waals surface area contributed by atoms with Gasteiger partial charge >= 0.3 is 51.4 Å². The predicted octanol–water partition coefficient (Wildman–Crippen LogP) is -1.06. The molecule has 0 bridgehead atoms. The minimum atomic E-state index is 0. The zero-order valence-corrected chi connectivity index (χ0v) is 11.1. The van der Waals surface area contributed by atoms with Crippen LogP contribution in [0.3, 0.4) is 0 Å². The molecule has 0 fully saturated rings. The van der Waals surface area contributed by atoms with Crippen LogP contribution in [-0.4, -0.2) is 23.5 Å². The van der Waals surface area contributed by atoms with Gasteiger partial charge in [0, 0.05) is 12.1 Å². The molecular formula is C8H18KN. The van der Waals surface area contributed by atoms with Gasteiger partial charge in [-0.05, 0) is 27.7 Å². The maximum absolute atomic E-state index is 3.85.